The predicted molar refractivity (Wildman–Crippen MR) is 70.1 cm³/mol. The highest BCUT2D eigenvalue weighted by molar-refractivity contribution is 6.43. The molecule has 21 heavy (non-hydrogen) atoms. The number of nitrogen functional groups attached to an aromatic ring is 1. The van der Waals surface area contributed by atoms with Gasteiger partial charge < -0.3 is 10.9 Å². The van der Waals surface area contributed by atoms with Crippen molar-refractivity contribution in [3.63, 3.8) is 0 Å². The number of halogens is 5. The van der Waals surface area contributed by atoms with Gasteiger partial charge in [0.1, 0.15) is 0 Å². The van der Waals surface area contributed by atoms with Crippen LogP contribution < -0.4 is 11.4 Å². The molecule has 0 atom stereocenters. The fourth-order valence-corrected chi connectivity index (χ4v) is 2.11. The van der Waals surface area contributed by atoms with Crippen molar-refractivity contribution in [2.75, 3.05) is 5.73 Å². The van der Waals surface area contributed by atoms with Gasteiger partial charge in [0, 0.05) is 5.56 Å². The van der Waals surface area contributed by atoms with E-state index in [2.05, 4.69) is 4.98 Å². The van der Waals surface area contributed by atoms with Gasteiger partial charge in [-0.15, -0.1) is 4.73 Å². The van der Waals surface area contributed by atoms with Crippen molar-refractivity contribution in [3.8, 4) is 11.1 Å². The summed E-state index contributed by atoms with van der Waals surface area (Å²) >= 11 is 11.7. The molecule has 0 aliphatic heterocycles. The van der Waals surface area contributed by atoms with Gasteiger partial charge in [-0.25, -0.2) is 4.98 Å². The zero-order valence-electron chi connectivity index (χ0n) is 10.0. The van der Waals surface area contributed by atoms with Gasteiger partial charge >= 0.3 is 6.18 Å². The smallest absolute Gasteiger partial charge is 0.423 e. The first-order valence-electron chi connectivity index (χ1n) is 5.32. The Hall–Kier alpha value is -1.93. The summed E-state index contributed by atoms with van der Waals surface area (Å²) in [6.45, 7) is 0. The molecule has 112 valence electrons. The molecule has 0 spiro atoms. The minimum atomic E-state index is -4.89. The van der Waals surface area contributed by atoms with Crippen LogP contribution in [-0.2, 0) is 6.18 Å². The average molecular weight is 339 g/mol. The molecule has 10 heteroatoms. The minimum Gasteiger partial charge on any atom is -0.423 e. The van der Waals surface area contributed by atoms with Crippen molar-refractivity contribution in [1.29, 1.82) is 5.41 Å². The number of anilines is 1. The van der Waals surface area contributed by atoms with Crippen LogP contribution in [0.25, 0.3) is 11.1 Å². The molecule has 0 radical (unpaired) electrons. The molecule has 5 nitrogen and oxygen atoms in total. The van der Waals surface area contributed by atoms with Crippen molar-refractivity contribution in [2.45, 2.75) is 6.18 Å². The molecular weight excluding hydrogens is 332 g/mol. The number of hydrogen-bond acceptors (Lipinski definition) is 4. The maximum absolute atomic E-state index is 13.1. The van der Waals surface area contributed by atoms with E-state index in [1.54, 1.807) is 0 Å². The Balaban J connectivity index is 2.94. The van der Waals surface area contributed by atoms with Crippen molar-refractivity contribution in [3.05, 3.63) is 39.6 Å². The SMILES string of the molecule is N=c1nc(C(F)(F)F)c(-c2cccc(Cl)c2Cl)c(N)n1O. The van der Waals surface area contributed by atoms with Gasteiger partial charge in [-0.2, -0.15) is 13.2 Å². The van der Waals surface area contributed by atoms with E-state index in [0.29, 0.717) is 0 Å². The second-order valence-electron chi connectivity index (χ2n) is 3.96. The lowest BCUT2D eigenvalue weighted by molar-refractivity contribution is -0.141. The highest BCUT2D eigenvalue weighted by Gasteiger charge is 2.38. The lowest BCUT2D eigenvalue weighted by Crippen LogP contribution is -2.29. The third-order valence-electron chi connectivity index (χ3n) is 2.63. The number of aromatic nitrogens is 2. The third-order valence-corrected chi connectivity index (χ3v) is 3.45. The van der Waals surface area contributed by atoms with E-state index in [1.165, 1.54) is 18.2 Å². The van der Waals surface area contributed by atoms with Crippen molar-refractivity contribution < 1.29 is 18.4 Å². The van der Waals surface area contributed by atoms with Crippen LogP contribution in [0.3, 0.4) is 0 Å². The highest BCUT2D eigenvalue weighted by atomic mass is 35.5. The summed E-state index contributed by atoms with van der Waals surface area (Å²) in [5.74, 6) is -0.716. The zero-order valence-corrected chi connectivity index (χ0v) is 11.6. The van der Waals surface area contributed by atoms with E-state index in [9.17, 15) is 18.4 Å². The van der Waals surface area contributed by atoms with Gasteiger partial charge in [0.25, 0.3) is 5.62 Å². The number of hydrogen-bond donors (Lipinski definition) is 3. The predicted octanol–water partition coefficient (Wildman–Crippen LogP) is 3.17. The van der Waals surface area contributed by atoms with Gasteiger partial charge in [0.05, 0.1) is 15.6 Å². The number of rotatable bonds is 1. The molecule has 2 aromatic rings. The van der Waals surface area contributed by atoms with E-state index < -0.39 is 28.9 Å². The summed E-state index contributed by atoms with van der Waals surface area (Å²) in [4.78, 5) is 3.02. The summed E-state index contributed by atoms with van der Waals surface area (Å²) in [6.07, 6.45) is -4.89. The fraction of sp³-hybridized carbons (Fsp3) is 0.0909. The summed E-state index contributed by atoms with van der Waals surface area (Å²) in [5.41, 5.74) is 2.20. The maximum Gasteiger partial charge on any atom is 0.434 e. The van der Waals surface area contributed by atoms with E-state index in [-0.39, 0.29) is 20.3 Å². The van der Waals surface area contributed by atoms with Crippen molar-refractivity contribution in [1.82, 2.24) is 9.71 Å². The van der Waals surface area contributed by atoms with E-state index in [4.69, 9.17) is 34.3 Å². The number of nitrogens with one attached hydrogen (secondary N) is 1. The van der Waals surface area contributed by atoms with Crippen molar-refractivity contribution >= 4 is 29.0 Å². The van der Waals surface area contributed by atoms with Gasteiger partial charge in [-0.1, -0.05) is 35.3 Å². The number of alkyl halides is 3. The lowest BCUT2D eigenvalue weighted by Gasteiger charge is -2.17. The minimum absolute atomic E-state index is 0.0149. The Kier molecular flexibility index (Phi) is 3.77. The van der Waals surface area contributed by atoms with Crippen LogP contribution in [0.5, 0.6) is 0 Å². The Labute approximate surface area is 125 Å². The molecule has 1 heterocycles. The second kappa shape index (κ2) is 5.12. The van der Waals surface area contributed by atoms with E-state index in [1.807, 2.05) is 0 Å². The molecule has 4 N–H and O–H groups in total. The molecule has 0 fully saturated rings. The molecule has 2 rings (SSSR count). The molecule has 0 aliphatic rings. The first-order chi connectivity index (χ1) is 9.64. The summed E-state index contributed by atoms with van der Waals surface area (Å²) in [5, 5.41) is 16.5. The lowest BCUT2D eigenvalue weighted by atomic mass is 10.0. The Morgan fingerprint density at radius 1 is 1.29 bits per heavy atom. The molecule has 0 aliphatic carbocycles. The summed E-state index contributed by atoms with van der Waals surface area (Å²) in [6, 6.07) is 4.01. The molecule has 1 aromatic heterocycles. The Morgan fingerprint density at radius 2 is 1.90 bits per heavy atom. The van der Waals surface area contributed by atoms with Crippen LogP contribution in [0.15, 0.2) is 18.2 Å². The quantitative estimate of drug-likeness (QED) is 0.698. The average Bonchev–Trinajstić information content (AvgIpc) is 2.38. The third kappa shape index (κ3) is 2.64. The molecule has 0 saturated carbocycles. The second-order valence-corrected chi connectivity index (χ2v) is 4.74. The monoisotopic (exact) mass is 338 g/mol. The van der Waals surface area contributed by atoms with Gasteiger partial charge in [0.15, 0.2) is 11.5 Å². The molecule has 0 saturated heterocycles. The van der Waals surface area contributed by atoms with Gasteiger partial charge in [0.2, 0.25) is 0 Å². The largest absolute Gasteiger partial charge is 0.434 e. The van der Waals surface area contributed by atoms with Crippen LogP contribution in [0.4, 0.5) is 19.0 Å². The first kappa shape index (κ1) is 15.5. The standard InChI is InChI=1S/C11H7Cl2F3N4O/c12-5-3-1-2-4(7(5)13)6-8(11(14,15)16)19-10(18)20(21)9(6)17/h1-3,18,21H,17H2. The summed E-state index contributed by atoms with van der Waals surface area (Å²) in [7, 11) is 0. The number of benzene rings is 1. The van der Waals surface area contributed by atoms with Crippen LogP contribution in [0.2, 0.25) is 10.0 Å². The molecule has 1 aromatic carbocycles. The highest BCUT2D eigenvalue weighted by Crippen LogP contribution is 2.42. The van der Waals surface area contributed by atoms with Crippen LogP contribution >= 0.6 is 23.2 Å². The Bertz CT molecular complexity index is 773. The molecular formula is C11H7Cl2F3N4O. The summed E-state index contributed by atoms with van der Waals surface area (Å²) < 4.78 is 39.3. The fourth-order valence-electron chi connectivity index (χ4n) is 1.72. The topological polar surface area (TPSA) is 87.9 Å². The molecule has 0 amide bonds. The normalized spacial score (nSPS) is 11.7. The van der Waals surface area contributed by atoms with Gasteiger partial charge in [-0.05, 0) is 6.07 Å². The van der Waals surface area contributed by atoms with Crippen molar-refractivity contribution in [2.24, 2.45) is 0 Å². The molecule has 0 unspecified atom stereocenters. The van der Waals surface area contributed by atoms with E-state index in [0.717, 1.165) is 0 Å². The van der Waals surface area contributed by atoms with Crippen LogP contribution in [-0.4, -0.2) is 14.9 Å². The zero-order chi connectivity index (χ0) is 15.9. The van der Waals surface area contributed by atoms with Crippen LogP contribution in [0.1, 0.15) is 5.69 Å². The van der Waals surface area contributed by atoms with E-state index >= 15 is 0 Å². The van der Waals surface area contributed by atoms with Gasteiger partial charge in [-0.3, -0.25) is 5.41 Å². The molecule has 0 bridgehead atoms. The number of nitrogens with zero attached hydrogens (tertiary/aromatic N) is 2. The first-order valence-corrected chi connectivity index (χ1v) is 6.08. The van der Waals surface area contributed by atoms with Crippen LogP contribution in [0, 0.1) is 5.41 Å². The maximum atomic E-state index is 13.1. The number of nitrogens with two attached hydrogens (primary N) is 1. The Morgan fingerprint density at radius 3 is 2.48 bits per heavy atom.